The Balaban J connectivity index is 2.28. The van der Waals surface area contributed by atoms with Crippen LogP contribution in [0.25, 0.3) is 0 Å². The first kappa shape index (κ1) is 20.8. The van der Waals surface area contributed by atoms with Crippen molar-refractivity contribution in [2.45, 2.75) is 16.9 Å². The summed E-state index contributed by atoms with van der Waals surface area (Å²) >= 11 is 35.8. The molecule has 1 atom stereocenters. The average molecular weight is 462 g/mol. The Kier molecular flexibility index (Phi) is 7.00. The Morgan fingerprint density at radius 1 is 1.08 bits per heavy atom. The smallest absolute Gasteiger partial charge is 0.254 e. The Morgan fingerprint density at radius 3 is 2.20 bits per heavy atom. The molecule has 25 heavy (non-hydrogen) atoms. The minimum absolute atomic E-state index is 0.0357. The van der Waals surface area contributed by atoms with Crippen LogP contribution in [0.1, 0.15) is 15.9 Å². The zero-order chi connectivity index (χ0) is 18.8. The molecule has 0 saturated heterocycles. The van der Waals surface area contributed by atoms with Gasteiger partial charge in [0.05, 0.1) is 10.0 Å². The van der Waals surface area contributed by atoms with Crippen molar-refractivity contribution in [3.8, 4) is 5.75 Å². The average Bonchev–Trinajstić information content (AvgIpc) is 2.48. The van der Waals surface area contributed by atoms with Crippen LogP contribution in [0.3, 0.4) is 0 Å². The first-order valence-corrected chi connectivity index (χ1v) is 9.10. The maximum Gasteiger partial charge on any atom is 0.254 e. The van der Waals surface area contributed by atoms with Gasteiger partial charge in [-0.15, -0.1) is 0 Å². The third-order valence-electron chi connectivity index (χ3n) is 3.04. The lowest BCUT2D eigenvalue weighted by Crippen LogP contribution is -2.48. The summed E-state index contributed by atoms with van der Waals surface area (Å²) in [7, 11) is 0. The van der Waals surface area contributed by atoms with E-state index in [-0.39, 0.29) is 15.8 Å². The van der Waals surface area contributed by atoms with E-state index in [0.29, 0.717) is 10.6 Å². The fourth-order valence-corrected chi connectivity index (χ4v) is 3.13. The van der Waals surface area contributed by atoms with Crippen LogP contribution >= 0.6 is 69.6 Å². The summed E-state index contributed by atoms with van der Waals surface area (Å²) in [4.78, 5) is 12.4. The van der Waals surface area contributed by atoms with Gasteiger partial charge in [0.1, 0.15) is 0 Å². The van der Waals surface area contributed by atoms with Crippen LogP contribution in [0, 0.1) is 6.92 Å². The molecular formula is C16H11Cl6NO2. The number of rotatable bonds is 4. The molecule has 0 fully saturated rings. The Hall–Kier alpha value is -0.550. The van der Waals surface area contributed by atoms with Gasteiger partial charge in [-0.3, -0.25) is 4.79 Å². The summed E-state index contributed by atoms with van der Waals surface area (Å²) in [6.07, 6.45) is -1.35. The second-order valence-corrected chi connectivity index (χ2v) is 8.70. The number of ether oxygens (including phenoxy) is 1. The number of carbonyl (C=O) groups excluding carboxylic acids is 1. The van der Waals surface area contributed by atoms with E-state index in [2.05, 4.69) is 5.32 Å². The van der Waals surface area contributed by atoms with Crippen LogP contribution < -0.4 is 10.1 Å². The number of alkyl halides is 3. The fourth-order valence-electron chi connectivity index (χ4n) is 1.93. The number of hydrogen-bond acceptors (Lipinski definition) is 2. The standard InChI is InChI=1S/C16H11Cl6NO2/c1-8-3-2-4-9(5-8)14(24)23-15(16(20,21)22)25-13-11(18)6-10(17)7-12(13)19/h2-7,15H,1H3,(H,23,24)/t15-/m0/s1. The van der Waals surface area contributed by atoms with E-state index in [1.54, 1.807) is 18.2 Å². The van der Waals surface area contributed by atoms with Crippen LogP contribution in [-0.4, -0.2) is 15.9 Å². The highest BCUT2D eigenvalue weighted by atomic mass is 35.6. The number of nitrogens with one attached hydrogen (secondary N) is 1. The lowest BCUT2D eigenvalue weighted by molar-refractivity contribution is 0.0833. The number of amides is 1. The predicted molar refractivity (Wildman–Crippen MR) is 105 cm³/mol. The molecule has 0 saturated carbocycles. The summed E-state index contributed by atoms with van der Waals surface area (Å²) < 4.78 is 3.59. The lowest BCUT2D eigenvalue weighted by atomic mass is 10.1. The largest absolute Gasteiger partial charge is 0.463 e. The highest BCUT2D eigenvalue weighted by molar-refractivity contribution is 6.68. The molecule has 2 aromatic rings. The van der Waals surface area contributed by atoms with Crippen LogP contribution in [-0.2, 0) is 0 Å². The number of hydrogen-bond donors (Lipinski definition) is 1. The molecule has 0 heterocycles. The molecule has 9 heteroatoms. The highest BCUT2D eigenvalue weighted by Crippen LogP contribution is 2.39. The summed E-state index contributed by atoms with van der Waals surface area (Å²) in [5.41, 5.74) is 1.29. The zero-order valence-electron chi connectivity index (χ0n) is 12.6. The third-order valence-corrected chi connectivity index (χ3v) is 4.41. The zero-order valence-corrected chi connectivity index (χ0v) is 17.2. The molecule has 2 rings (SSSR count). The Bertz CT molecular complexity index is 767. The van der Waals surface area contributed by atoms with Crippen LogP contribution in [0.5, 0.6) is 5.75 Å². The molecule has 0 unspecified atom stereocenters. The van der Waals surface area contributed by atoms with Gasteiger partial charge < -0.3 is 10.1 Å². The van der Waals surface area contributed by atoms with Crippen molar-refractivity contribution in [3.05, 3.63) is 62.6 Å². The van der Waals surface area contributed by atoms with Gasteiger partial charge in [0.15, 0.2) is 5.75 Å². The Morgan fingerprint density at radius 2 is 1.68 bits per heavy atom. The quantitative estimate of drug-likeness (QED) is 0.419. The molecule has 3 nitrogen and oxygen atoms in total. The highest BCUT2D eigenvalue weighted by Gasteiger charge is 2.37. The molecule has 1 N–H and O–H groups in total. The maximum absolute atomic E-state index is 12.4. The molecule has 0 aliphatic carbocycles. The van der Waals surface area contributed by atoms with E-state index in [1.807, 2.05) is 13.0 Å². The summed E-state index contributed by atoms with van der Waals surface area (Å²) in [5.74, 6) is -0.449. The number of benzene rings is 2. The van der Waals surface area contributed by atoms with Crippen molar-refractivity contribution < 1.29 is 9.53 Å². The molecule has 0 bridgehead atoms. The molecular weight excluding hydrogens is 451 g/mol. The molecule has 0 aliphatic rings. The van der Waals surface area contributed by atoms with Gasteiger partial charge in [-0.05, 0) is 31.2 Å². The summed E-state index contributed by atoms with van der Waals surface area (Å²) in [6.45, 7) is 1.85. The normalized spacial score (nSPS) is 12.6. The van der Waals surface area contributed by atoms with E-state index >= 15 is 0 Å². The molecule has 1 amide bonds. The SMILES string of the molecule is Cc1cccc(C(=O)N[C@@H](Oc2c(Cl)cc(Cl)cc2Cl)C(Cl)(Cl)Cl)c1. The number of aryl methyl sites for hydroxylation is 1. The maximum atomic E-state index is 12.4. The molecule has 0 radical (unpaired) electrons. The van der Waals surface area contributed by atoms with Gasteiger partial charge in [-0.25, -0.2) is 0 Å². The van der Waals surface area contributed by atoms with Crippen LogP contribution in [0.2, 0.25) is 15.1 Å². The Labute approximate surface area is 175 Å². The van der Waals surface area contributed by atoms with Crippen molar-refractivity contribution >= 4 is 75.5 Å². The minimum atomic E-state index is -1.98. The van der Waals surface area contributed by atoms with Crippen molar-refractivity contribution in [2.75, 3.05) is 0 Å². The summed E-state index contributed by atoms with van der Waals surface area (Å²) in [5, 5.41) is 3.05. The number of carbonyl (C=O) groups is 1. The van der Waals surface area contributed by atoms with E-state index in [9.17, 15) is 4.79 Å². The van der Waals surface area contributed by atoms with Gasteiger partial charge in [0.25, 0.3) is 5.91 Å². The molecule has 0 aliphatic heterocycles. The van der Waals surface area contributed by atoms with Gasteiger partial charge in [-0.2, -0.15) is 0 Å². The topological polar surface area (TPSA) is 38.3 Å². The van der Waals surface area contributed by atoms with Crippen molar-refractivity contribution in [1.82, 2.24) is 5.32 Å². The predicted octanol–water partition coefficient (Wildman–Crippen LogP) is 6.46. The van der Waals surface area contributed by atoms with E-state index < -0.39 is 15.9 Å². The monoisotopic (exact) mass is 459 g/mol. The van der Waals surface area contributed by atoms with E-state index in [0.717, 1.165) is 5.56 Å². The van der Waals surface area contributed by atoms with Gasteiger partial charge >= 0.3 is 0 Å². The van der Waals surface area contributed by atoms with Crippen molar-refractivity contribution in [1.29, 1.82) is 0 Å². The first-order valence-electron chi connectivity index (χ1n) is 6.83. The second kappa shape index (κ2) is 8.43. The van der Waals surface area contributed by atoms with E-state index in [1.165, 1.54) is 12.1 Å². The first-order chi connectivity index (χ1) is 11.6. The molecule has 0 aromatic heterocycles. The molecule has 0 spiro atoms. The molecule has 2 aromatic carbocycles. The molecule has 134 valence electrons. The van der Waals surface area contributed by atoms with E-state index in [4.69, 9.17) is 74.3 Å². The lowest BCUT2D eigenvalue weighted by Gasteiger charge is -2.27. The third kappa shape index (κ3) is 5.72. The minimum Gasteiger partial charge on any atom is -0.463 e. The van der Waals surface area contributed by atoms with Crippen molar-refractivity contribution in [3.63, 3.8) is 0 Å². The van der Waals surface area contributed by atoms with Crippen LogP contribution in [0.4, 0.5) is 0 Å². The van der Waals surface area contributed by atoms with Crippen molar-refractivity contribution in [2.24, 2.45) is 0 Å². The second-order valence-electron chi connectivity index (χ2n) is 5.08. The van der Waals surface area contributed by atoms with Crippen LogP contribution in [0.15, 0.2) is 36.4 Å². The van der Waals surface area contributed by atoms with Gasteiger partial charge in [0.2, 0.25) is 10.0 Å². The van der Waals surface area contributed by atoms with Gasteiger partial charge in [0, 0.05) is 10.6 Å². The fraction of sp³-hybridized carbons (Fsp3) is 0.188. The van der Waals surface area contributed by atoms with Gasteiger partial charge in [-0.1, -0.05) is 87.3 Å². The number of halogens is 6. The summed E-state index contributed by atoms with van der Waals surface area (Å²) in [6, 6.07) is 9.74.